The van der Waals surface area contributed by atoms with Gasteiger partial charge in [-0.15, -0.1) is 0 Å². The van der Waals surface area contributed by atoms with E-state index in [1.165, 1.54) is 36.6 Å². The van der Waals surface area contributed by atoms with Crippen LogP contribution in [0.25, 0.3) is 10.9 Å². The highest BCUT2D eigenvalue weighted by Gasteiger charge is 2.20. The number of aromatic nitrogens is 1. The van der Waals surface area contributed by atoms with Gasteiger partial charge in [-0.3, -0.25) is 0 Å². The number of nitrogens with one attached hydrogen (secondary N) is 1. The fourth-order valence-electron chi connectivity index (χ4n) is 2.79. The molecule has 0 saturated heterocycles. The van der Waals surface area contributed by atoms with Crippen molar-refractivity contribution in [3.8, 4) is 6.07 Å². The number of hydrogen-bond donors (Lipinski definition) is 1. The number of H-pyrrole nitrogens is 1. The van der Waals surface area contributed by atoms with Crippen LogP contribution in [0.4, 0.5) is 0 Å². The molecule has 1 N–H and O–H groups in total. The van der Waals surface area contributed by atoms with Gasteiger partial charge in [-0.05, 0) is 63.2 Å². The summed E-state index contributed by atoms with van der Waals surface area (Å²) >= 11 is 0. The van der Waals surface area contributed by atoms with Gasteiger partial charge in [0.1, 0.15) is 0 Å². The Hall–Kier alpha value is -1.79. The zero-order valence-electron chi connectivity index (χ0n) is 13.3. The van der Waals surface area contributed by atoms with Crippen molar-refractivity contribution >= 4 is 10.9 Å². The molecule has 1 aromatic heterocycles. The predicted molar refractivity (Wildman–Crippen MR) is 88.5 cm³/mol. The van der Waals surface area contributed by atoms with Crippen LogP contribution >= 0.6 is 0 Å². The maximum Gasteiger partial charge on any atom is 0.0991 e. The van der Waals surface area contributed by atoms with Gasteiger partial charge in [0, 0.05) is 17.1 Å². The molecule has 0 unspecified atom stereocenters. The first-order chi connectivity index (χ1) is 10.2. The molecule has 0 radical (unpaired) electrons. The summed E-state index contributed by atoms with van der Waals surface area (Å²) in [4.78, 5) is 5.43. The predicted octanol–water partition coefficient (Wildman–Crippen LogP) is 4.27. The van der Waals surface area contributed by atoms with Crippen molar-refractivity contribution in [3.05, 3.63) is 35.5 Å². The van der Waals surface area contributed by atoms with E-state index in [2.05, 4.69) is 43.2 Å². The van der Waals surface area contributed by atoms with Crippen molar-refractivity contribution in [2.45, 2.75) is 38.5 Å². The van der Waals surface area contributed by atoms with Crippen LogP contribution in [0.1, 0.15) is 49.7 Å². The topological polar surface area (TPSA) is 42.8 Å². The molecule has 0 bridgehead atoms. The van der Waals surface area contributed by atoms with Crippen molar-refractivity contribution in [3.63, 3.8) is 0 Å². The highest BCUT2D eigenvalue weighted by Crippen LogP contribution is 2.37. The van der Waals surface area contributed by atoms with Gasteiger partial charge in [0.2, 0.25) is 0 Å². The number of nitriles is 1. The van der Waals surface area contributed by atoms with Gasteiger partial charge >= 0.3 is 0 Å². The number of hydrogen-bond acceptors (Lipinski definition) is 2. The minimum absolute atomic E-state index is 0.697. The van der Waals surface area contributed by atoms with E-state index in [-0.39, 0.29) is 0 Å². The van der Waals surface area contributed by atoms with Crippen molar-refractivity contribution in [2.24, 2.45) is 0 Å². The van der Waals surface area contributed by atoms with Gasteiger partial charge in [0.25, 0.3) is 0 Å². The van der Waals surface area contributed by atoms with Gasteiger partial charge in [-0.2, -0.15) is 5.26 Å². The van der Waals surface area contributed by atoms with Crippen molar-refractivity contribution in [1.29, 1.82) is 5.26 Å². The third-order valence-electron chi connectivity index (χ3n) is 4.27. The second-order valence-corrected chi connectivity index (χ2v) is 5.99. The summed E-state index contributed by atoms with van der Waals surface area (Å²) in [6.45, 7) is 3.26. The number of nitrogens with zero attached hydrogens (tertiary/aromatic N) is 2. The molecule has 1 fully saturated rings. The Balaban J connectivity index is 0.000000282. The standard InChI is InChI=1S/C14H14N2.C4H11N/c15-8-10-5-6-14-12(7-10)13(9-16-14)11-3-1-2-4-11;1-4-5(2)3/h5-7,9,11,16H,1-4H2;4H2,1-3H3. The molecule has 1 saturated carbocycles. The van der Waals surface area contributed by atoms with Crippen molar-refractivity contribution in [1.82, 2.24) is 9.88 Å². The zero-order valence-corrected chi connectivity index (χ0v) is 13.3. The highest BCUT2D eigenvalue weighted by atomic mass is 15.0. The molecule has 1 aromatic carbocycles. The fraction of sp³-hybridized carbons (Fsp3) is 0.500. The van der Waals surface area contributed by atoms with Crippen LogP contribution in [-0.4, -0.2) is 30.5 Å². The Morgan fingerprint density at radius 1 is 1.29 bits per heavy atom. The van der Waals surface area contributed by atoms with E-state index >= 15 is 0 Å². The minimum Gasteiger partial charge on any atom is -0.361 e. The summed E-state index contributed by atoms with van der Waals surface area (Å²) in [6, 6.07) is 8.10. The van der Waals surface area contributed by atoms with Crippen LogP contribution in [0.3, 0.4) is 0 Å². The average molecular weight is 283 g/mol. The minimum atomic E-state index is 0.697. The summed E-state index contributed by atoms with van der Waals surface area (Å²) in [5.74, 6) is 0.697. The first-order valence-electron chi connectivity index (χ1n) is 7.81. The summed E-state index contributed by atoms with van der Waals surface area (Å²) < 4.78 is 0. The monoisotopic (exact) mass is 283 g/mol. The van der Waals surface area contributed by atoms with Crippen LogP contribution < -0.4 is 0 Å². The molecular weight excluding hydrogens is 258 g/mol. The van der Waals surface area contributed by atoms with Crippen molar-refractivity contribution in [2.75, 3.05) is 20.6 Å². The second kappa shape index (κ2) is 7.28. The normalized spacial score (nSPS) is 15.0. The Kier molecular flexibility index (Phi) is 5.41. The van der Waals surface area contributed by atoms with E-state index in [9.17, 15) is 0 Å². The molecule has 0 spiro atoms. The molecule has 21 heavy (non-hydrogen) atoms. The van der Waals surface area contributed by atoms with Gasteiger partial charge in [-0.1, -0.05) is 19.8 Å². The largest absolute Gasteiger partial charge is 0.361 e. The molecule has 3 rings (SSSR count). The van der Waals surface area contributed by atoms with E-state index < -0.39 is 0 Å². The summed E-state index contributed by atoms with van der Waals surface area (Å²) in [5, 5.41) is 10.2. The van der Waals surface area contributed by atoms with Crippen LogP contribution in [0.2, 0.25) is 0 Å². The smallest absolute Gasteiger partial charge is 0.0991 e. The van der Waals surface area contributed by atoms with Crippen LogP contribution in [-0.2, 0) is 0 Å². The Morgan fingerprint density at radius 2 is 1.95 bits per heavy atom. The summed E-state index contributed by atoms with van der Waals surface area (Å²) in [7, 11) is 4.11. The molecule has 1 aliphatic rings. The van der Waals surface area contributed by atoms with E-state index in [0.29, 0.717) is 5.92 Å². The van der Waals surface area contributed by atoms with Gasteiger partial charge in [0.05, 0.1) is 11.6 Å². The number of benzene rings is 1. The molecule has 0 atom stereocenters. The lowest BCUT2D eigenvalue weighted by Gasteiger charge is -2.06. The quantitative estimate of drug-likeness (QED) is 0.894. The molecule has 2 aromatic rings. The number of aromatic amines is 1. The lowest BCUT2D eigenvalue weighted by molar-refractivity contribution is 0.434. The van der Waals surface area contributed by atoms with Crippen LogP contribution in [0.5, 0.6) is 0 Å². The molecule has 3 heteroatoms. The average Bonchev–Trinajstić information content (AvgIpc) is 3.15. The first kappa shape index (κ1) is 15.6. The van der Waals surface area contributed by atoms with Gasteiger partial charge in [-0.25, -0.2) is 0 Å². The lowest BCUT2D eigenvalue weighted by atomic mass is 9.96. The Labute approximate surface area is 127 Å². The molecule has 1 heterocycles. The first-order valence-corrected chi connectivity index (χ1v) is 7.81. The van der Waals surface area contributed by atoms with Crippen LogP contribution in [0.15, 0.2) is 24.4 Å². The molecule has 1 aliphatic carbocycles. The molecule has 112 valence electrons. The maximum absolute atomic E-state index is 8.93. The number of rotatable bonds is 2. The van der Waals surface area contributed by atoms with Crippen LogP contribution in [0, 0.1) is 11.3 Å². The third-order valence-corrected chi connectivity index (χ3v) is 4.27. The lowest BCUT2D eigenvalue weighted by Crippen LogP contribution is -2.08. The van der Waals surface area contributed by atoms with E-state index in [4.69, 9.17) is 5.26 Å². The van der Waals surface area contributed by atoms with E-state index in [0.717, 1.165) is 17.6 Å². The van der Waals surface area contributed by atoms with E-state index in [1.54, 1.807) is 0 Å². The van der Waals surface area contributed by atoms with Crippen molar-refractivity contribution < 1.29 is 0 Å². The zero-order chi connectivity index (χ0) is 15.2. The number of fused-ring (bicyclic) bond motifs is 1. The molecule has 0 aliphatic heterocycles. The third kappa shape index (κ3) is 3.86. The Morgan fingerprint density at radius 3 is 2.52 bits per heavy atom. The fourth-order valence-corrected chi connectivity index (χ4v) is 2.79. The molecule has 0 amide bonds. The second-order valence-electron chi connectivity index (χ2n) is 5.99. The Bertz CT molecular complexity index is 613. The van der Waals surface area contributed by atoms with E-state index in [1.807, 2.05) is 18.2 Å². The molecule has 3 nitrogen and oxygen atoms in total. The SMILES string of the molecule is CCN(C)C.N#Cc1ccc2[nH]cc(C3CCCC3)c2c1. The van der Waals surface area contributed by atoms with Gasteiger partial charge in [0.15, 0.2) is 0 Å². The summed E-state index contributed by atoms with van der Waals surface area (Å²) in [5.41, 5.74) is 3.32. The van der Waals surface area contributed by atoms with Gasteiger partial charge < -0.3 is 9.88 Å². The highest BCUT2D eigenvalue weighted by molar-refractivity contribution is 5.85. The maximum atomic E-state index is 8.93. The summed E-state index contributed by atoms with van der Waals surface area (Å²) in [6.07, 6.45) is 7.40. The molecular formula is C18H25N3.